The van der Waals surface area contributed by atoms with Crippen molar-refractivity contribution in [3.05, 3.63) is 71.8 Å². The Balaban J connectivity index is 1.64. The maximum Gasteiger partial charge on any atom is 0.00971 e. The first-order valence-corrected chi connectivity index (χ1v) is 9.40. The highest BCUT2D eigenvalue weighted by atomic mass is 32.2. The van der Waals surface area contributed by atoms with Crippen LogP contribution < -0.4 is 5.32 Å². The molecular weight excluding hydrogens is 286 g/mol. The standard InChI is InChI=1S/C20H25NS/c1-3-7-17(8-4-1)20(18-9-5-2-6-10-18)13-16-22-19-11-14-21-15-12-19/h1-10,19-21H,11-16H2. The molecule has 1 fully saturated rings. The van der Waals surface area contributed by atoms with Gasteiger partial charge in [-0.15, -0.1) is 0 Å². The van der Waals surface area contributed by atoms with E-state index in [1.165, 1.54) is 49.2 Å². The lowest BCUT2D eigenvalue weighted by Gasteiger charge is -2.23. The molecule has 0 spiro atoms. The summed E-state index contributed by atoms with van der Waals surface area (Å²) in [6, 6.07) is 21.9. The molecule has 1 N–H and O–H groups in total. The number of thioether (sulfide) groups is 1. The zero-order valence-corrected chi connectivity index (χ0v) is 13.9. The third-order valence-electron chi connectivity index (χ3n) is 4.45. The highest BCUT2D eigenvalue weighted by Crippen LogP contribution is 2.31. The molecule has 0 atom stereocenters. The molecule has 2 heteroatoms. The molecule has 2 aromatic rings. The molecule has 0 aromatic heterocycles. The van der Waals surface area contributed by atoms with E-state index in [9.17, 15) is 0 Å². The summed E-state index contributed by atoms with van der Waals surface area (Å²) in [6.07, 6.45) is 3.88. The third kappa shape index (κ3) is 4.37. The molecule has 1 heterocycles. The lowest BCUT2D eigenvalue weighted by molar-refractivity contribution is 0.531. The van der Waals surface area contributed by atoms with Crippen molar-refractivity contribution in [2.75, 3.05) is 18.8 Å². The Morgan fingerprint density at radius 2 is 1.41 bits per heavy atom. The van der Waals surface area contributed by atoms with Gasteiger partial charge in [-0.05, 0) is 49.2 Å². The second kappa shape index (κ2) is 8.40. The minimum Gasteiger partial charge on any atom is -0.317 e. The summed E-state index contributed by atoms with van der Waals surface area (Å²) in [5, 5.41) is 4.31. The lowest BCUT2D eigenvalue weighted by Crippen LogP contribution is -2.29. The largest absolute Gasteiger partial charge is 0.317 e. The average molecular weight is 311 g/mol. The van der Waals surface area contributed by atoms with Crippen molar-refractivity contribution in [2.45, 2.75) is 30.4 Å². The highest BCUT2D eigenvalue weighted by molar-refractivity contribution is 7.99. The van der Waals surface area contributed by atoms with Gasteiger partial charge in [0.1, 0.15) is 0 Å². The van der Waals surface area contributed by atoms with Crippen LogP contribution in [0.5, 0.6) is 0 Å². The zero-order valence-electron chi connectivity index (χ0n) is 13.1. The Hall–Kier alpha value is -1.25. The summed E-state index contributed by atoms with van der Waals surface area (Å²) in [5.41, 5.74) is 2.89. The van der Waals surface area contributed by atoms with E-state index in [1.807, 2.05) is 0 Å². The van der Waals surface area contributed by atoms with Crippen LogP contribution >= 0.6 is 11.8 Å². The van der Waals surface area contributed by atoms with Gasteiger partial charge in [-0.3, -0.25) is 0 Å². The van der Waals surface area contributed by atoms with Crippen molar-refractivity contribution in [1.82, 2.24) is 5.32 Å². The fourth-order valence-electron chi connectivity index (χ4n) is 3.21. The van der Waals surface area contributed by atoms with Crippen LogP contribution in [0.25, 0.3) is 0 Å². The number of piperidine rings is 1. The van der Waals surface area contributed by atoms with Crippen LogP contribution in [0.4, 0.5) is 0 Å². The van der Waals surface area contributed by atoms with E-state index < -0.39 is 0 Å². The van der Waals surface area contributed by atoms with Crippen LogP contribution in [0.15, 0.2) is 60.7 Å². The maximum atomic E-state index is 3.45. The molecule has 116 valence electrons. The predicted molar refractivity (Wildman–Crippen MR) is 97.7 cm³/mol. The minimum atomic E-state index is 0.525. The Bertz CT molecular complexity index is 495. The molecule has 22 heavy (non-hydrogen) atoms. The van der Waals surface area contributed by atoms with Gasteiger partial charge < -0.3 is 5.32 Å². The smallest absolute Gasteiger partial charge is 0.00971 e. The topological polar surface area (TPSA) is 12.0 Å². The molecule has 3 rings (SSSR count). The van der Waals surface area contributed by atoms with Crippen molar-refractivity contribution in [1.29, 1.82) is 0 Å². The van der Waals surface area contributed by atoms with Gasteiger partial charge in [0.2, 0.25) is 0 Å². The molecule has 1 saturated heterocycles. The zero-order chi connectivity index (χ0) is 15.0. The van der Waals surface area contributed by atoms with E-state index >= 15 is 0 Å². The average Bonchev–Trinajstić information content (AvgIpc) is 2.61. The molecule has 0 unspecified atom stereocenters. The van der Waals surface area contributed by atoms with Gasteiger partial charge in [0.05, 0.1) is 0 Å². The van der Waals surface area contributed by atoms with Crippen molar-refractivity contribution >= 4 is 11.8 Å². The number of hydrogen-bond acceptors (Lipinski definition) is 2. The number of rotatable bonds is 6. The van der Waals surface area contributed by atoms with Crippen LogP contribution in [-0.2, 0) is 0 Å². The Kier molecular flexibility index (Phi) is 5.97. The van der Waals surface area contributed by atoms with E-state index in [0.717, 1.165) is 5.25 Å². The van der Waals surface area contributed by atoms with Crippen molar-refractivity contribution in [3.8, 4) is 0 Å². The molecular formula is C20H25NS. The van der Waals surface area contributed by atoms with Gasteiger partial charge in [-0.2, -0.15) is 11.8 Å². The van der Waals surface area contributed by atoms with Crippen LogP contribution in [0.3, 0.4) is 0 Å². The number of nitrogens with one attached hydrogen (secondary N) is 1. The molecule has 0 saturated carbocycles. The first-order chi connectivity index (χ1) is 10.9. The monoisotopic (exact) mass is 311 g/mol. The molecule has 1 nitrogen and oxygen atoms in total. The van der Waals surface area contributed by atoms with Crippen molar-refractivity contribution in [2.24, 2.45) is 0 Å². The normalized spacial score (nSPS) is 16.0. The summed E-state index contributed by atoms with van der Waals surface area (Å²) in [5.74, 6) is 1.77. The van der Waals surface area contributed by atoms with E-state index in [4.69, 9.17) is 0 Å². The summed E-state index contributed by atoms with van der Waals surface area (Å²) < 4.78 is 0. The molecule has 0 aliphatic carbocycles. The Labute approximate surface area is 138 Å². The molecule has 2 aromatic carbocycles. The second-order valence-corrected chi connectivity index (χ2v) is 7.39. The second-order valence-electron chi connectivity index (χ2n) is 5.98. The highest BCUT2D eigenvalue weighted by Gasteiger charge is 2.17. The van der Waals surface area contributed by atoms with Gasteiger partial charge >= 0.3 is 0 Å². The van der Waals surface area contributed by atoms with Gasteiger partial charge in [0.25, 0.3) is 0 Å². The van der Waals surface area contributed by atoms with Crippen LogP contribution in [0, 0.1) is 0 Å². The summed E-state index contributed by atoms with van der Waals surface area (Å²) in [7, 11) is 0. The summed E-state index contributed by atoms with van der Waals surface area (Å²) in [6.45, 7) is 2.39. The minimum absolute atomic E-state index is 0.525. The maximum absolute atomic E-state index is 3.45. The Morgan fingerprint density at radius 3 is 1.95 bits per heavy atom. The molecule has 1 aliphatic heterocycles. The van der Waals surface area contributed by atoms with E-state index in [2.05, 4.69) is 77.7 Å². The molecule has 1 aliphatic rings. The molecule has 0 radical (unpaired) electrons. The summed E-state index contributed by atoms with van der Waals surface area (Å²) in [4.78, 5) is 0. The Morgan fingerprint density at radius 1 is 0.864 bits per heavy atom. The third-order valence-corrected chi connectivity index (χ3v) is 5.86. The summed E-state index contributed by atoms with van der Waals surface area (Å²) >= 11 is 2.18. The molecule has 0 bridgehead atoms. The van der Waals surface area contributed by atoms with Crippen LogP contribution in [0.2, 0.25) is 0 Å². The fraction of sp³-hybridized carbons (Fsp3) is 0.400. The van der Waals surface area contributed by atoms with Gasteiger partial charge in [-0.1, -0.05) is 60.7 Å². The SMILES string of the molecule is c1ccc(C(CCSC2CCNCC2)c2ccccc2)cc1. The number of hydrogen-bond donors (Lipinski definition) is 1. The van der Waals surface area contributed by atoms with E-state index in [1.54, 1.807) is 0 Å². The quantitative estimate of drug-likeness (QED) is 0.830. The van der Waals surface area contributed by atoms with Gasteiger partial charge in [0.15, 0.2) is 0 Å². The van der Waals surface area contributed by atoms with Gasteiger partial charge in [0, 0.05) is 11.2 Å². The van der Waals surface area contributed by atoms with E-state index in [-0.39, 0.29) is 0 Å². The predicted octanol–water partition coefficient (Wildman–Crippen LogP) is 4.69. The van der Waals surface area contributed by atoms with Crippen LogP contribution in [-0.4, -0.2) is 24.1 Å². The van der Waals surface area contributed by atoms with Gasteiger partial charge in [-0.25, -0.2) is 0 Å². The first-order valence-electron chi connectivity index (χ1n) is 8.35. The van der Waals surface area contributed by atoms with E-state index in [0.29, 0.717) is 5.92 Å². The van der Waals surface area contributed by atoms with Crippen molar-refractivity contribution in [3.63, 3.8) is 0 Å². The number of benzene rings is 2. The lowest BCUT2D eigenvalue weighted by atomic mass is 9.89. The fourth-order valence-corrected chi connectivity index (χ4v) is 4.49. The molecule has 0 amide bonds. The van der Waals surface area contributed by atoms with Crippen molar-refractivity contribution < 1.29 is 0 Å². The van der Waals surface area contributed by atoms with Crippen LogP contribution in [0.1, 0.15) is 36.3 Å². The first kappa shape index (κ1) is 15.6.